The molecule has 0 fully saturated rings. The van der Waals surface area contributed by atoms with Gasteiger partial charge in [-0.25, -0.2) is 4.79 Å². The topological polar surface area (TPSA) is 104 Å². The van der Waals surface area contributed by atoms with Crippen molar-refractivity contribution in [3.05, 3.63) is 55.8 Å². The van der Waals surface area contributed by atoms with Gasteiger partial charge in [-0.05, 0) is 18.2 Å². The molecule has 0 saturated heterocycles. The Balaban J connectivity index is 2.09. The van der Waals surface area contributed by atoms with Gasteiger partial charge in [-0.15, -0.1) is 0 Å². The summed E-state index contributed by atoms with van der Waals surface area (Å²) < 4.78 is 5.00. The van der Waals surface area contributed by atoms with Crippen molar-refractivity contribution in [3.8, 4) is 5.75 Å². The minimum Gasteiger partial charge on any atom is -0.495 e. The summed E-state index contributed by atoms with van der Waals surface area (Å²) in [5.41, 5.74) is -0.509. The van der Waals surface area contributed by atoms with Crippen LogP contribution in [0.1, 0.15) is 5.69 Å². The van der Waals surface area contributed by atoms with E-state index in [1.807, 2.05) is 4.98 Å². The largest absolute Gasteiger partial charge is 0.495 e. The lowest BCUT2D eigenvalue weighted by molar-refractivity contribution is -0.115. The minimum absolute atomic E-state index is 0.136. The molecule has 3 N–H and O–H groups in total. The van der Waals surface area contributed by atoms with Gasteiger partial charge in [0.05, 0.1) is 18.6 Å². The van der Waals surface area contributed by atoms with Crippen LogP contribution in [0.5, 0.6) is 5.75 Å². The molecule has 0 spiro atoms. The summed E-state index contributed by atoms with van der Waals surface area (Å²) >= 11 is 5.95. The number of hydrogen-bond donors (Lipinski definition) is 3. The van der Waals surface area contributed by atoms with E-state index >= 15 is 0 Å². The van der Waals surface area contributed by atoms with Crippen LogP contribution in [-0.4, -0.2) is 23.0 Å². The van der Waals surface area contributed by atoms with Gasteiger partial charge in [0.2, 0.25) is 5.91 Å². The number of halogens is 1. The number of carbonyl (C=O) groups is 1. The average Bonchev–Trinajstić information content (AvgIpc) is 2.37. The van der Waals surface area contributed by atoms with Crippen LogP contribution in [0.3, 0.4) is 0 Å². The van der Waals surface area contributed by atoms with E-state index in [1.165, 1.54) is 7.11 Å². The van der Waals surface area contributed by atoms with Gasteiger partial charge in [-0.3, -0.25) is 14.6 Å². The first-order chi connectivity index (χ1) is 9.97. The van der Waals surface area contributed by atoms with E-state index in [0.29, 0.717) is 16.5 Å². The smallest absolute Gasteiger partial charge is 0.325 e. The number of rotatable bonds is 4. The molecule has 0 unspecified atom stereocenters. The molecule has 1 amide bonds. The third-order valence-electron chi connectivity index (χ3n) is 2.60. The van der Waals surface area contributed by atoms with Crippen LogP contribution in [0, 0.1) is 0 Å². The number of benzene rings is 1. The molecular formula is C13H12ClN3O4. The third-order valence-corrected chi connectivity index (χ3v) is 2.90. The molecule has 0 aliphatic heterocycles. The second-order valence-electron chi connectivity index (χ2n) is 4.19. The zero-order valence-corrected chi connectivity index (χ0v) is 11.8. The van der Waals surface area contributed by atoms with Gasteiger partial charge in [-0.1, -0.05) is 11.6 Å². The summed E-state index contributed by atoms with van der Waals surface area (Å²) in [4.78, 5) is 38.5. The molecule has 2 rings (SSSR count). The Labute approximate surface area is 123 Å². The minimum atomic E-state index is -0.655. The average molecular weight is 310 g/mol. The molecule has 0 aliphatic rings. The SMILES string of the molecule is COc1ccc(NC(=O)Cc2cc(=O)[nH]c(=O)[nH]2)cc1Cl. The number of ether oxygens (including phenoxy) is 1. The Bertz CT molecular complexity index is 753. The predicted molar refractivity (Wildman–Crippen MR) is 78.0 cm³/mol. The summed E-state index contributed by atoms with van der Waals surface area (Å²) in [5, 5.41) is 2.97. The number of anilines is 1. The molecule has 1 aromatic carbocycles. The lowest BCUT2D eigenvalue weighted by atomic mass is 10.2. The second kappa shape index (κ2) is 6.27. The van der Waals surface area contributed by atoms with Gasteiger partial charge in [0.25, 0.3) is 5.56 Å². The summed E-state index contributed by atoms with van der Waals surface area (Å²) in [6.07, 6.45) is -0.136. The van der Waals surface area contributed by atoms with E-state index < -0.39 is 17.2 Å². The lowest BCUT2D eigenvalue weighted by Crippen LogP contribution is -2.25. The first-order valence-corrected chi connectivity index (χ1v) is 6.31. The fourth-order valence-electron chi connectivity index (χ4n) is 1.74. The van der Waals surface area contributed by atoms with E-state index in [0.717, 1.165) is 6.07 Å². The third kappa shape index (κ3) is 3.96. The molecule has 0 saturated carbocycles. The maximum Gasteiger partial charge on any atom is 0.325 e. The fourth-order valence-corrected chi connectivity index (χ4v) is 1.99. The number of methoxy groups -OCH3 is 1. The Morgan fingerprint density at radius 2 is 2.05 bits per heavy atom. The van der Waals surface area contributed by atoms with E-state index in [9.17, 15) is 14.4 Å². The van der Waals surface area contributed by atoms with Crippen molar-refractivity contribution in [1.82, 2.24) is 9.97 Å². The molecule has 21 heavy (non-hydrogen) atoms. The molecule has 0 aliphatic carbocycles. The van der Waals surface area contributed by atoms with Gasteiger partial charge in [0.1, 0.15) is 5.75 Å². The second-order valence-corrected chi connectivity index (χ2v) is 4.59. The van der Waals surface area contributed by atoms with Crippen LogP contribution >= 0.6 is 11.6 Å². The maximum atomic E-state index is 11.9. The number of aromatic amines is 2. The van der Waals surface area contributed by atoms with Gasteiger partial charge in [-0.2, -0.15) is 0 Å². The number of amides is 1. The van der Waals surface area contributed by atoms with Crippen molar-refractivity contribution < 1.29 is 9.53 Å². The van der Waals surface area contributed by atoms with Crippen molar-refractivity contribution in [2.24, 2.45) is 0 Å². The van der Waals surface area contributed by atoms with Crippen molar-refractivity contribution in [2.75, 3.05) is 12.4 Å². The van der Waals surface area contributed by atoms with Crippen molar-refractivity contribution in [2.45, 2.75) is 6.42 Å². The normalized spacial score (nSPS) is 10.2. The maximum absolute atomic E-state index is 11.9. The summed E-state index contributed by atoms with van der Waals surface area (Å²) in [7, 11) is 1.49. The molecule has 0 atom stereocenters. The zero-order chi connectivity index (χ0) is 15.4. The Hall–Kier alpha value is -2.54. The molecule has 7 nitrogen and oxygen atoms in total. The van der Waals surface area contributed by atoms with E-state index in [1.54, 1.807) is 18.2 Å². The van der Waals surface area contributed by atoms with Gasteiger partial charge in [0.15, 0.2) is 0 Å². The van der Waals surface area contributed by atoms with E-state index in [2.05, 4.69) is 10.3 Å². The van der Waals surface area contributed by atoms with Crippen LogP contribution in [0.25, 0.3) is 0 Å². The van der Waals surface area contributed by atoms with Gasteiger partial charge in [0, 0.05) is 17.4 Å². The molecule has 110 valence electrons. The Morgan fingerprint density at radius 1 is 1.29 bits per heavy atom. The summed E-state index contributed by atoms with van der Waals surface area (Å²) in [6.45, 7) is 0. The van der Waals surface area contributed by atoms with Gasteiger partial charge >= 0.3 is 5.69 Å². The molecule has 2 aromatic rings. The molecular weight excluding hydrogens is 298 g/mol. The van der Waals surface area contributed by atoms with Crippen molar-refractivity contribution in [1.29, 1.82) is 0 Å². The van der Waals surface area contributed by atoms with Gasteiger partial charge < -0.3 is 15.0 Å². The monoisotopic (exact) mass is 309 g/mol. The highest BCUT2D eigenvalue weighted by atomic mass is 35.5. The predicted octanol–water partition coefficient (Wildman–Crippen LogP) is 0.906. The van der Waals surface area contributed by atoms with Crippen LogP contribution in [0.15, 0.2) is 33.9 Å². The highest BCUT2D eigenvalue weighted by Crippen LogP contribution is 2.27. The number of hydrogen-bond acceptors (Lipinski definition) is 4. The lowest BCUT2D eigenvalue weighted by Gasteiger charge is -2.08. The Kier molecular flexibility index (Phi) is 4.44. The van der Waals surface area contributed by atoms with Crippen LogP contribution in [0.2, 0.25) is 5.02 Å². The van der Waals surface area contributed by atoms with E-state index in [-0.39, 0.29) is 12.1 Å². The van der Waals surface area contributed by atoms with Crippen LogP contribution < -0.4 is 21.3 Å². The first kappa shape index (κ1) is 14.9. The van der Waals surface area contributed by atoms with E-state index in [4.69, 9.17) is 16.3 Å². The van der Waals surface area contributed by atoms with Crippen LogP contribution in [-0.2, 0) is 11.2 Å². The van der Waals surface area contributed by atoms with Crippen molar-refractivity contribution >= 4 is 23.2 Å². The summed E-state index contributed by atoms with van der Waals surface area (Å²) in [5.74, 6) is 0.103. The molecule has 0 bridgehead atoms. The highest BCUT2D eigenvalue weighted by molar-refractivity contribution is 6.32. The number of aromatic nitrogens is 2. The first-order valence-electron chi connectivity index (χ1n) is 5.94. The zero-order valence-electron chi connectivity index (χ0n) is 11.0. The molecule has 0 radical (unpaired) electrons. The number of nitrogens with one attached hydrogen (secondary N) is 3. The Morgan fingerprint density at radius 3 is 2.67 bits per heavy atom. The molecule has 1 aromatic heterocycles. The summed E-state index contributed by atoms with van der Waals surface area (Å²) in [6, 6.07) is 5.94. The quantitative estimate of drug-likeness (QED) is 0.780. The highest BCUT2D eigenvalue weighted by Gasteiger charge is 2.08. The standard InChI is InChI=1S/C13H12ClN3O4/c1-21-10-3-2-7(4-9(10)14)15-11(18)5-8-6-12(19)17-13(20)16-8/h2-4,6H,5H2,1H3,(H,15,18)(H2,16,17,19,20). The fraction of sp³-hybridized carbons (Fsp3) is 0.154. The van der Waals surface area contributed by atoms with Crippen molar-refractivity contribution in [3.63, 3.8) is 0 Å². The molecule has 8 heteroatoms. The number of carbonyl (C=O) groups excluding carboxylic acids is 1. The molecule has 1 heterocycles. The number of H-pyrrole nitrogens is 2. The van der Waals surface area contributed by atoms with Crippen LogP contribution in [0.4, 0.5) is 5.69 Å².